The summed E-state index contributed by atoms with van der Waals surface area (Å²) in [4.78, 5) is 23.9. The molecule has 2 aromatic heterocycles. The summed E-state index contributed by atoms with van der Waals surface area (Å²) in [6.45, 7) is 6.73. The van der Waals surface area contributed by atoms with Gasteiger partial charge in [-0.2, -0.15) is 4.98 Å². The summed E-state index contributed by atoms with van der Waals surface area (Å²) in [7, 11) is 1.99. The van der Waals surface area contributed by atoms with E-state index in [-0.39, 0.29) is 11.9 Å². The number of morpholine rings is 1. The van der Waals surface area contributed by atoms with Crippen LogP contribution in [0.15, 0.2) is 22.7 Å². The van der Waals surface area contributed by atoms with E-state index in [1.54, 1.807) is 6.92 Å². The van der Waals surface area contributed by atoms with Crippen LogP contribution in [0.3, 0.4) is 0 Å². The minimum Gasteiger partial charge on any atom is -0.378 e. The van der Waals surface area contributed by atoms with E-state index in [0.717, 1.165) is 30.1 Å². The molecule has 0 radical (unpaired) electrons. The van der Waals surface area contributed by atoms with Gasteiger partial charge >= 0.3 is 0 Å². The molecule has 1 saturated heterocycles. The number of carbonyl (C=O) groups excluding carboxylic acids is 1. The van der Waals surface area contributed by atoms with Crippen LogP contribution >= 0.6 is 0 Å². The minimum atomic E-state index is -0.322. The van der Waals surface area contributed by atoms with Crippen molar-refractivity contribution in [1.29, 1.82) is 0 Å². The number of nitrogens with zero attached hydrogens (tertiary/aromatic N) is 5. The molecule has 1 aromatic carbocycles. The summed E-state index contributed by atoms with van der Waals surface area (Å²) in [5.41, 5.74) is 2.32. The molecule has 1 unspecified atom stereocenters. The fraction of sp³-hybridized carbons (Fsp3) is 0.474. The van der Waals surface area contributed by atoms with Gasteiger partial charge in [-0.3, -0.25) is 4.79 Å². The Morgan fingerprint density at radius 1 is 1.29 bits per heavy atom. The van der Waals surface area contributed by atoms with Crippen molar-refractivity contribution in [3.8, 4) is 0 Å². The zero-order valence-corrected chi connectivity index (χ0v) is 16.3. The van der Waals surface area contributed by atoms with E-state index in [9.17, 15) is 4.79 Å². The topological polar surface area (TPSA) is 98.3 Å². The second-order valence-electron chi connectivity index (χ2n) is 6.89. The Morgan fingerprint density at radius 2 is 2.07 bits per heavy atom. The van der Waals surface area contributed by atoms with E-state index >= 15 is 0 Å². The Labute approximate surface area is 162 Å². The summed E-state index contributed by atoms with van der Waals surface area (Å²) in [6.07, 6.45) is 0.653. The number of hydrogen-bond acceptors (Lipinski definition) is 7. The summed E-state index contributed by atoms with van der Waals surface area (Å²) >= 11 is 0. The smallest absolute Gasteiger partial charge is 0.252 e. The first-order valence-electron chi connectivity index (χ1n) is 9.47. The number of hydrogen-bond donors (Lipinski definition) is 1. The van der Waals surface area contributed by atoms with Crippen molar-refractivity contribution in [3.63, 3.8) is 0 Å². The average Bonchev–Trinajstić information content (AvgIpc) is 3.29. The van der Waals surface area contributed by atoms with Gasteiger partial charge in [0.15, 0.2) is 5.82 Å². The molecule has 0 bridgehead atoms. The van der Waals surface area contributed by atoms with E-state index in [2.05, 4.69) is 24.9 Å². The Kier molecular flexibility index (Phi) is 4.99. The highest BCUT2D eigenvalue weighted by atomic mass is 16.5. The third-order valence-electron chi connectivity index (χ3n) is 4.97. The minimum absolute atomic E-state index is 0.192. The molecule has 148 valence electrons. The predicted octanol–water partition coefficient (Wildman–Crippen LogP) is 1.98. The molecule has 1 aliphatic rings. The summed E-state index contributed by atoms with van der Waals surface area (Å²) in [5, 5.41) is 6.76. The molecule has 1 atom stereocenters. The van der Waals surface area contributed by atoms with Gasteiger partial charge in [0, 0.05) is 25.7 Å². The molecular weight excluding hydrogens is 360 g/mol. The van der Waals surface area contributed by atoms with Gasteiger partial charge in [-0.15, -0.1) is 0 Å². The number of ether oxygens (including phenoxy) is 1. The Balaban J connectivity index is 1.57. The number of aryl methyl sites for hydroxylation is 2. The number of rotatable bonds is 5. The van der Waals surface area contributed by atoms with Gasteiger partial charge in [0.2, 0.25) is 11.8 Å². The largest absolute Gasteiger partial charge is 0.378 e. The second kappa shape index (κ2) is 7.59. The number of amides is 1. The Morgan fingerprint density at radius 3 is 2.75 bits per heavy atom. The van der Waals surface area contributed by atoms with Crippen molar-refractivity contribution < 1.29 is 14.1 Å². The van der Waals surface area contributed by atoms with Crippen LogP contribution in [-0.4, -0.2) is 51.9 Å². The van der Waals surface area contributed by atoms with Gasteiger partial charge in [0.25, 0.3) is 5.91 Å². The summed E-state index contributed by atoms with van der Waals surface area (Å²) in [6, 6.07) is 5.24. The SMILES string of the molecule is CCC(NC(=O)c1ccc2c(c1)nc(N1CCOCC1)n2C)c1nc(C)no1. The predicted molar refractivity (Wildman–Crippen MR) is 103 cm³/mol. The lowest BCUT2D eigenvalue weighted by Gasteiger charge is -2.27. The van der Waals surface area contributed by atoms with Crippen LogP contribution in [0.25, 0.3) is 11.0 Å². The number of aromatic nitrogens is 4. The van der Waals surface area contributed by atoms with Crippen LogP contribution in [0.5, 0.6) is 0 Å². The maximum atomic E-state index is 12.8. The van der Waals surface area contributed by atoms with Crippen LogP contribution in [0.1, 0.15) is 41.5 Å². The molecule has 3 heterocycles. The maximum Gasteiger partial charge on any atom is 0.252 e. The van der Waals surface area contributed by atoms with Gasteiger partial charge in [0.05, 0.1) is 24.2 Å². The van der Waals surface area contributed by atoms with Gasteiger partial charge in [-0.25, -0.2) is 4.98 Å². The van der Waals surface area contributed by atoms with Crippen molar-refractivity contribution in [2.75, 3.05) is 31.2 Å². The highest BCUT2D eigenvalue weighted by Gasteiger charge is 2.21. The van der Waals surface area contributed by atoms with Gasteiger partial charge in [-0.05, 0) is 31.5 Å². The molecule has 1 N–H and O–H groups in total. The number of imidazole rings is 1. The molecule has 1 amide bonds. The first-order chi connectivity index (χ1) is 13.6. The molecule has 0 aliphatic carbocycles. The highest BCUT2D eigenvalue weighted by molar-refractivity contribution is 5.97. The quantitative estimate of drug-likeness (QED) is 0.718. The second-order valence-corrected chi connectivity index (χ2v) is 6.89. The molecule has 28 heavy (non-hydrogen) atoms. The first kappa shape index (κ1) is 18.4. The normalized spacial score (nSPS) is 15.8. The zero-order valence-electron chi connectivity index (χ0n) is 16.3. The molecule has 9 heteroatoms. The molecule has 0 saturated carbocycles. The van der Waals surface area contributed by atoms with Crippen molar-refractivity contribution >= 4 is 22.9 Å². The van der Waals surface area contributed by atoms with E-state index < -0.39 is 0 Å². The van der Waals surface area contributed by atoms with Crippen LogP contribution < -0.4 is 10.2 Å². The molecule has 9 nitrogen and oxygen atoms in total. The third-order valence-corrected chi connectivity index (χ3v) is 4.97. The molecule has 1 fully saturated rings. The lowest BCUT2D eigenvalue weighted by molar-refractivity contribution is 0.0927. The molecule has 4 rings (SSSR count). The first-order valence-corrected chi connectivity index (χ1v) is 9.47. The fourth-order valence-corrected chi connectivity index (χ4v) is 3.41. The fourth-order valence-electron chi connectivity index (χ4n) is 3.41. The number of fused-ring (bicyclic) bond motifs is 1. The van der Waals surface area contributed by atoms with Crippen molar-refractivity contribution in [1.82, 2.24) is 25.0 Å². The maximum absolute atomic E-state index is 12.8. The summed E-state index contributed by atoms with van der Waals surface area (Å²) in [5.74, 6) is 1.67. The van der Waals surface area contributed by atoms with E-state index in [1.807, 2.05) is 32.2 Å². The van der Waals surface area contributed by atoms with E-state index in [4.69, 9.17) is 14.2 Å². The van der Waals surface area contributed by atoms with Crippen molar-refractivity contribution in [3.05, 3.63) is 35.5 Å². The van der Waals surface area contributed by atoms with Crippen LogP contribution in [0, 0.1) is 6.92 Å². The zero-order chi connectivity index (χ0) is 19.7. The number of nitrogens with one attached hydrogen (secondary N) is 1. The van der Waals surface area contributed by atoms with E-state index in [1.165, 1.54) is 0 Å². The van der Waals surface area contributed by atoms with Gasteiger partial charge in [-0.1, -0.05) is 12.1 Å². The van der Waals surface area contributed by atoms with Gasteiger partial charge < -0.3 is 24.0 Å². The third kappa shape index (κ3) is 3.45. The van der Waals surface area contributed by atoms with Gasteiger partial charge in [0.1, 0.15) is 6.04 Å². The monoisotopic (exact) mass is 384 g/mol. The molecule has 1 aliphatic heterocycles. The van der Waals surface area contributed by atoms with Crippen LogP contribution in [0.4, 0.5) is 5.95 Å². The Hall–Kier alpha value is -2.94. The molecular formula is C19H24N6O3. The molecule has 0 spiro atoms. The van der Waals surface area contributed by atoms with Crippen LogP contribution in [0.2, 0.25) is 0 Å². The number of carbonyl (C=O) groups is 1. The lowest BCUT2D eigenvalue weighted by Crippen LogP contribution is -2.37. The highest BCUT2D eigenvalue weighted by Crippen LogP contribution is 2.23. The lowest BCUT2D eigenvalue weighted by atomic mass is 10.1. The standard InChI is InChI=1S/C19H24N6O3/c1-4-14(18-20-12(2)23-28-18)21-17(26)13-5-6-16-15(11-13)22-19(24(16)3)25-7-9-27-10-8-25/h5-6,11,14H,4,7-10H2,1-3H3,(H,21,26). The van der Waals surface area contributed by atoms with Crippen molar-refractivity contribution in [2.24, 2.45) is 7.05 Å². The molecule has 3 aromatic rings. The van der Waals surface area contributed by atoms with E-state index in [0.29, 0.717) is 36.9 Å². The van der Waals surface area contributed by atoms with Crippen LogP contribution in [-0.2, 0) is 11.8 Å². The van der Waals surface area contributed by atoms with Crippen molar-refractivity contribution in [2.45, 2.75) is 26.3 Å². The summed E-state index contributed by atoms with van der Waals surface area (Å²) < 4.78 is 12.7. The average molecular weight is 384 g/mol. The number of anilines is 1. The number of benzene rings is 1. The Bertz CT molecular complexity index is 989.